The Bertz CT molecular complexity index is 1100. The molecular weight excluding hydrogens is 496 g/mol. The minimum atomic E-state index is -0.653. The first kappa shape index (κ1) is 30.4. The smallest absolute Gasteiger partial charge is 0.251 e. The molecule has 212 valence electrons. The Hall–Kier alpha value is -3.17. The van der Waals surface area contributed by atoms with E-state index in [4.69, 9.17) is 9.47 Å². The van der Waals surface area contributed by atoms with Gasteiger partial charge in [0.1, 0.15) is 12.4 Å². The summed E-state index contributed by atoms with van der Waals surface area (Å²) < 4.78 is 11.5. The highest BCUT2D eigenvalue weighted by Gasteiger charge is 2.22. The van der Waals surface area contributed by atoms with E-state index in [9.17, 15) is 20.1 Å². The number of amides is 1. The Morgan fingerprint density at radius 1 is 1.05 bits per heavy atom. The van der Waals surface area contributed by atoms with E-state index in [2.05, 4.69) is 24.5 Å². The molecule has 1 aliphatic carbocycles. The maximum atomic E-state index is 12.2. The molecule has 0 aliphatic heterocycles. The number of allylic oxidation sites excluding steroid dienone is 2. The van der Waals surface area contributed by atoms with E-state index in [0.29, 0.717) is 57.4 Å². The molecule has 0 saturated carbocycles. The Morgan fingerprint density at radius 3 is 2.59 bits per heavy atom. The lowest BCUT2D eigenvalue weighted by Gasteiger charge is -2.23. The average Bonchev–Trinajstić information content (AvgIpc) is 2.94. The van der Waals surface area contributed by atoms with Crippen molar-refractivity contribution in [2.24, 2.45) is 11.8 Å². The Kier molecular flexibility index (Phi) is 12.5. The molecule has 1 aliphatic rings. The molecule has 8 nitrogen and oxygen atoms in total. The molecule has 1 amide bonds. The summed E-state index contributed by atoms with van der Waals surface area (Å²) in [7, 11) is 0. The van der Waals surface area contributed by atoms with E-state index in [1.54, 1.807) is 18.2 Å². The van der Waals surface area contributed by atoms with Crippen molar-refractivity contribution in [1.29, 1.82) is 0 Å². The number of ether oxygens (including phenoxy) is 2. The van der Waals surface area contributed by atoms with Gasteiger partial charge < -0.3 is 35.4 Å². The molecule has 2 atom stereocenters. The predicted molar refractivity (Wildman–Crippen MR) is 152 cm³/mol. The number of carbonyl (C=O) groups excluding carboxylic acids is 1. The van der Waals surface area contributed by atoms with Gasteiger partial charge in [0.05, 0.1) is 31.7 Å². The van der Waals surface area contributed by atoms with E-state index in [0.717, 1.165) is 28.9 Å². The number of hydrogen-bond acceptors (Lipinski definition) is 7. The highest BCUT2D eigenvalue weighted by molar-refractivity contribution is 5.94. The summed E-state index contributed by atoms with van der Waals surface area (Å²) in [5.74, 6) is 0.930. The molecule has 0 saturated heterocycles. The van der Waals surface area contributed by atoms with Crippen molar-refractivity contribution < 1.29 is 29.6 Å². The fourth-order valence-electron chi connectivity index (χ4n) is 4.16. The first-order valence-electron chi connectivity index (χ1n) is 13.6. The Labute approximate surface area is 231 Å². The van der Waals surface area contributed by atoms with Crippen molar-refractivity contribution >= 4 is 5.91 Å². The zero-order valence-corrected chi connectivity index (χ0v) is 22.9. The molecule has 2 unspecified atom stereocenters. The third-order valence-corrected chi connectivity index (χ3v) is 6.49. The number of nitrogens with one attached hydrogen (secondary N) is 2. The fourth-order valence-corrected chi connectivity index (χ4v) is 4.16. The first-order chi connectivity index (χ1) is 18.9. The monoisotopic (exact) mass is 538 g/mol. The molecule has 2 aromatic carbocycles. The van der Waals surface area contributed by atoms with E-state index in [1.807, 2.05) is 42.5 Å². The molecule has 2 aromatic rings. The van der Waals surface area contributed by atoms with Gasteiger partial charge in [0.2, 0.25) is 0 Å². The second-order valence-electron chi connectivity index (χ2n) is 10.2. The minimum Gasteiger partial charge on any atom is -0.512 e. The van der Waals surface area contributed by atoms with Crippen LogP contribution in [0.3, 0.4) is 0 Å². The standard InChI is InChI=1S/C31H42N2O6/c1-22(2)18-33-31(37)26-5-3-4-24(16-26)21-38-14-15-39-28-9-6-23(7-10-28)12-13-32-19-30(36)25-8-11-29(35)27(17-25)20-34/h3-11,16,22,27,30,32,34-36H,12-15,17-21H2,1-2H3,(H,33,37). The molecule has 0 spiro atoms. The van der Waals surface area contributed by atoms with Crippen LogP contribution in [0.2, 0.25) is 0 Å². The number of hydrogen-bond donors (Lipinski definition) is 5. The van der Waals surface area contributed by atoms with Crippen LogP contribution in [-0.2, 0) is 17.8 Å². The number of aliphatic hydroxyl groups excluding tert-OH is 3. The molecule has 0 radical (unpaired) electrons. The maximum Gasteiger partial charge on any atom is 0.251 e. The van der Waals surface area contributed by atoms with Crippen molar-refractivity contribution in [3.8, 4) is 5.75 Å². The molecular formula is C31H42N2O6. The maximum absolute atomic E-state index is 12.2. The van der Waals surface area contributed by atoms with E-state index in [1.165, 1.54) is 0 Å². The lowest BCUT2D eigenvalue weighted by Crippen LogP contribution is -2.31. The highest BCUT2D eigenvalue weighted by atomic mass is 16.5. The molecule has 3 rings (SSSR count). The Morgan fingerprint density at radius 2 is 1.85 bits per heavy atom. The normalized spacial score (nSPS) is 16.0. The highest BCUT2D eigenvalue weighted by Crippen LogP contribution is 2.25. The average molecular weight is 539 g/mol. The third-order valence-electron chi connectivity index (χ3n) is 6.49. The number of carbonyl (C=O) groups is 1. The van der Waals surface area contributed by atoms with Gasteiger partial charge in [0.15, 0.2) is 0 Å². The molecule has 5 N–H and O–H groups in total. The van der Waals surface area contributed by atoms with Gasteiger partial charge in [-0.3, -0.25) is 4.79 Å². The molecule has 0 heterocycles. The van der Waals surface area contributed by atoms with Gasteiger partial charge in [-0.1, -0.05) is 44.2 Å². The van der Waals surface area contributed by atoms with Crippen LogP contribution in [-0.4, -0.2) is 66.8 Å². The van der Waals surface area contributed by atoms with Gasteiger partial charge in [0.25, 0.3) is 5.91 Å². The zero-order chi connectivity index (χ0) is 28.0. The summed E-state index contributed by atoms with van der Waals surface area (Å²) in [4.78, 5) is 12.2. The van der Waals surface area contributed by atoms with E-state index >= 15 is 0 Å². The van der Waals surface area contributed by atoms with Gasteiger partial charge in [-0.15, -0.1) is 0 Å². The summed E-state index contributed by atoms with van der Waals surface area (Å²) in [6.45, 7) is 7.03. The van der Waals surface area contributed by atoms with Crippen LogP contribution >= 0.6 is 0 Å². The summed E-state index contributed by atoms with van der Waals surface area (Å²) in [6, 6.07) is 15.4. The SMILES string of the molecule is CC(C)CNC(=O)c1cccc(COCCOc2ccc(CCNCC(O)C3=CC=C(O)C(CO)C3)cc2)c1. The number of aliphatic hydroxyl groups is 3. The molecule has 0 bridgehead atoms. The molecule has 39 heavy (non-hydrogen) atoms. The largest absolute Gasteiger partial charge is 0.512 e. The summed E-state index contributed by atoms with van der Waals surface area (Å²) in [5.41, 5.74) is 3.54. The fraction of sp³-hybridized carbons (Fsp3) is 0.452. The summed E-state index contributed by atoms with van der Waals surface area (Å²) >= 11 is 0. The van der Waals surface area contributed by atoms with Crippen LogP contribution in [0, 0.1) is 11.8 Å². The van der Waals surface area contributed by atoms with Gasteiger partial charge in [-0.2, -0.15) is 0 Å². The number of rotatable bonds is 16. The molecule has 8 heteroatoms. The van der Waals surface area contributed by atoms with Crippen LogP contribution in [0.5, 0.6) is 5.75 Å². The van der Waals surface area contributed by atoms with Crippen LogP contribution in [0.4, 0.5) is 0 Å². The molecule has 0 fully saturated rings. The summed E-state index contributed by atoms with van der Waals surface area (Å²) in [5, 5.41) is 35.6. The quantitative estimate of drug-likeness (QED) is 0.207. The van der Waals surface area contributed by atoms with Crippen molar-refractivity contribution in [2.45, 2.75) is 39.4 Å². The predicted octanol–water partition coefficient (Wildman–Crippen LogP) is 3.54. The number of benzene rings is 2. The van der Waals surface area contributed by atoms with Crippen molar-refractivity contribution in [3.63, 3.8) is 0 Å². The first-order valence-corrected chi connectivity index (χ1v) is 13.6. The van der Waals surface area contributed by atoms with E-state index in [-0.39, 0.29) is 24.2 Å². The Balaban J connectivity index is 1.29. The summed E-state index contributed by atoms with van der Waals surface area (Å²) in [6.07, 6.45) is 3.89. The van der Waals surface area contributed by atoms with Crippen molar-refractivity contribution in [3.05, 3.63) is 88.7 Å². The minimum absolute atomic E-state index is 0.0701. The van der Waals surface area contributed by atoms with Crippen LogP contribution in [0.25, 0.3) is 0 Å². The zero-order valence-electron chi connectivity index (χ0n) is 22.9. The van der Waals surface area contributed by atoms with Crippen LogP contribution in [0.1, 0.15) is 41.8 Å². The van der Waals surface area contributed by atoms with E-state index < -0.39 is 6.10 Å². The van der Waals surface area contributed by atoms with Gasteiger partial charge in [0, 0.05) is 24.6 Å². The van der Waals surface area contributed by atoms with Gasteiger partial charge >= 0.3 is 0 Å². The van der Waals surface area contributed by atoms with Crippen LogP contribution < -0.4 is 15.4 Å². The van der Waals surface area contributed by atoms with Gasteiger partial charge in [-0.05, 0) is 72.3 Å². The van der Waals surface area contributed by atoms with Crippen molar-refractivity contribution in [2.75, 3.05) is 39.5 Å². The topological polar surface area (TPSA) is 120 Å². The second kappa shape index (κ2) is 16.1. The van der Waals surface area contributed by atoms with Crippen LogP contribution in [0.15, 0.2) is 72.0 Å². The van der Waals surface area contributed by atoms with Gasteiger partial charge in [-0.25, -0.2) is 0 Å². The second-order valence-corrected chi connectivity index (χ2v) is 10.2. The molecule has 0 aromatic heterocycles. The lowest BCUT2D eigenvalue weighted by molar-refractivity contribution is 0.0886. The van der Waals surface area contributed by atoms with Crippen molar-refractivity contribution in [1.82, 2.24) is 10.6 Å². The third kappa shape index (κ3) is 10.5. The lowest BCUT2D eigenvalue weighted by atomic mass is 9.90.